The summed E-state index contributed by atoms with van der Waals surface area (Å²) in [7, 11) is 0. The fraction of sp³-hybridized carbons (Fsp3) is 0.286. The molecule has 1 aliphatic heterocycles. The maximum Gasteiger partial charge on any atom is 0.410 e. The minimum Gasteiger partial charge on any atom is -0.448 e. The van der Waals surface area contributed by atoms with Crippen LogP contribution in [0.25, 0.3) is 11.3 Å². The van der Waals surface area contributed by atoms with E-state index in [1.165, 1.54) is 0 Å². The summed E-state index contributed by atoms with van der Waals surface area (Å²) < 4.78 is 10.2. The number of hydrogen-bond donors (Lipinski definition) is 0. The molecule has 3 rings (SSSR count). The molecule has 0 saturated carbocycles. The van der Waals surface area contributed by atoms with Gasteiger partial charge in [-0.2, -0.15) is 0 Å². The van der Waals surface area contributed by atoms with E-state index in [0.717, 1.165) is 5.56 Å². The summed E-state index contributed by atoms with van der Waals surface area (Å²) >= 11 is 12.4. The molecule has 0 bridgehead atoms. The third-order valence-corrected chi connectivity index (χ3v) is 4.01. The van der Waals surface area contributed by atoms with E-state index < -0.39 is 0 Å². The molecule has 2 heterocycles. The van der Waals surface area contributed by atoms with Crippen LogP contribution < -0.4 is 0 Å². The molecule has 1 fully saturated rings. The number of nitrogens with zero attached hydrogens (tertiary/aromatic N) is 2. The molecule has 0 radical (unpaired) electrons. The Hall–Kier alpha value is -1.72. The van der Waals surface area contributed by atoms with E-state index in [9.17, 15) is 4.79 Å². The molecule has 2 aromatic rings. The molecule has 110 valence electrons. The molecule has 0 N–H and O–H groups in total. The van der Waals surface area contributed by atoms with E-state index in [2.05, 4.69) is 5.16 Å². The van der Waals surface area contributed by atoms with Crippen LogP contribution in [0.3, 0.4) is 0 Å². The van der Waals surface area contributed by atoms with Crippen molar-refractivity contribution in [2.45, 2.75) is 13.5 Å². The average Bonchev–Trinajstić information content (AvgIpc) is 2.99. The number of halogens is 2. The largest absolute Gasteiger partial charge is 0.448 e. The molecule has 7 heteroatoms. The smallest absolute Gasteiger partial charge is 0.410 e. The summed E-state index contributed by atoms with van der Waals surface area (Å²) in [6, 6.07) is 5.24. The number of ether oxygens (including phenoxy) is 1. The van der Waals surface area contributed by atoms with Crippen molar-refractivity contribution in [2.24, 2.45) is 0 Å². The van der Waals surface area contributed by atoms with Crippen LogP contribution in [0.15, 0.2) is 22.7 Å². The zero-order valence-electron chi connectivity index (χ0n) is 11.2. The van der Waals surface area contributed by atoms with Crippen molar-refractivity contribution in [3.63, 3.8) is 0 Å². The highest BCUT2D eigenvalue weighted by atomic mass is 35.5. The number of cyclic esters (lactones) is 1. The molecular weight excluding hydrogens is 315 g/mol. The summed E-state index contributed by atoms with van der Waals surface area (Å²) in [6.45, 7) is 3.08. The Bertz CT molecular complexity index is 679. The Kier molecular flexibility index (Phi) is 3.78. The third-order valence-electron chi connectivity index (χ3n) is 3.38. The van der Waals surface area contributed by atoms with E-state index in [1.807, 2.05) is 0 Å². The number of benzene rings is 1. The van der Waals surface area contributed by atoms with Gasteiger partial charge in [0.05, 0.1) is 23.1 Å². The molecular formula is C14H12Cl2N2O3. The van der Waals surface area contributed by atoms with Crippen molar-refractivity contribution in [3.8, 4) is 11.3 Å². The molecule has 0 aliphatic carbocycles. The van der Waals surface area contributed by atoms with E-state index in [0.29, 0.717) is 46.8 Å². The number of amides is 1. The Morgan fingerprint density at radius 3 is 2.67 bits per heavy atom. The van der Waals surface area contributed by atoms with Gasteiger partial charge in [0.2, 0.25) is 0 Å². The molecule has 5 nitrogen and oxygen atoms in total. The summed E-state index contributed by atoms with van der Waals surface area (Å²) in [5.41, 5.74) is 1.95. The van der Waals surface area contributed by atoms with Gasteiger partial charge in [0.15, 0.2) is 0 Å². The number of aryl methyl sites for hydroxylation is 1. The molecule has 1 aliphatic rings. The van der Waals surface area contributed by atoms with Gasteiger partial charge in [-0.05, 0) is 19.1 Å². The molecule has 1 aromatic carbocycles. The van der Waals surface area contributed by atoms with Crippen LogP contribution in [0.4, 0.5) is 4.79 Å². The predicted molar refractivity (Wildman–Crippen MR) is 78.5 cm³/mol. The van der Waals surface area contributed by atoms with Crippen LogP contribution in [-0.2, 0) is 11.3 Å². The van der Waals surface area contributed by atoms with Crippen molar-refractivity contribution in [1.29, 1.82) is 0 Å². The second-order valence-electron chi connectivity index (χ2n) is 4.70. The maximum absolute atomic E-state index is 11.6. The van der Waals surface area contributed by atoms with Gasteiger partial charge in [0.1, 0.15) is 18.1 Å². The number of carbonyl (C=O) groups excluding carboxylic acids is 1. The van der Waals surface area contributed by atoms with Crippen LogP contribution >= 0.6 is 23.2 Å². The SMILES string of the molecule is Cc1onc(-c2c(Cl)cccc2Cl)c1CN1CCOC1=O. The first kappa shape index (κ1) is 14.2. The van der Waals surface area contributed by atoms with Crippen molar-refractivity contribution in [3.05, 3.63) is 39.6 Å². The normalized spacial score (nSPS) is 14.6. The molecule has 0 spiro atoms. The van der Waals surface area contributed by atoms with Crippen LogP contribution in [-0.4, -0.2) is 29.3 Å². The second kappa shape index (κ2) is 5.58. The fourth-order valence-corrected chi connectivity index (χ4v) is 2.83. The Morgan fingerprint density at radius 2 is 2.05 bits per heavy atom. The minimum atomic E-state index is -0.341. The first-order chi connectivity index (χ1) is 10.1. The van der Waals surface area contributed by atoms with E-state index >= 15 is 0 Å². The third kappa shape index (κ3) is 2.59. The highest BCUT2D eigenvalue weighted by molar-refractivity contribution is 6.39. The van der Waals surface area contributed by atoms with Crippen LogP contribution in [0.1, 0.15) is 11.3 Å². The van der Waals surface area contributed by atoms with Gasteiger partial charge < -0.3 is 14.2 Å². The van der Waals surface area contributed by atoms with Gasteiger partial charge in [-0.1, -0.05) is 34.4 Å². The molecule has 0 atom stereocenters. The highest BCUT2D eigenvalue weighted by Crippen LogP contribution is 2.37. The zero-order chi connectivity index (χ0) is 15.0. The van der Waals surface area contributed by atoms with Gasteiger partial charge in [-0.15, -0.1) is 0 Å². The number of aromatic nitrogens is 1. The Balaban J connectivity index is 2.03. The number of rotatable bonds is 3. The van der Waals surface area contributed by atoms with Gasteiger partial charge in [-0.25, -0.2) is 4.79 Å². The fourth-order valence-electron chi connectivity index (χ4n) is 2.26. The van der Waals surface area contributed by atoms with Crippen molar-refractivity contribution in [2.75, 3.05) is 13.2 Å². The first-order valence-corrected chi connectivity index (χ1v) is 7.14. The highest BCUT2D eigenvalue weighted by Gasteiger charge is 2.27. The van der Waals surface area contributed by atoms with E-state index in [4.69, 9.17) is 32.5 Å². The van der Waals surface area contributed by atoms with Crippen molar-refractivity contribution >= 4 is 29.3 Å². The van der Waals surface area contributed by atoms with Gasteiger partial charge in [0, 0.05) is 11.1 Å². The first-order valence-electron chi connectivity index (χ1n) is 6.39. The van der Waals surface area contributed by atoms with Crippen LogP contribution in [0.5, 0.6) is 0 Å². The van der Waals surface area contributed by atoms with Gasteiger partial charge in [0.25, 0.3) is 0 Å². The Labute approximate surface area is 131 Å². The minimum absolute atomic E-state index is 0.341. The maximum atomic E-state index is 11.6. The quantitative estimate of drug-likeness (QED) is 0.858. The van der Waals surface area contributed by atoms with Crippen LogP contribution in [0, 0.1) is 6.92 Å². The molecule has 0 unspecified atom stereocenters. The van der Waals surface area contributed by atoms with Crippen molar-refractivity contribution < 1.29 is 14.1 Å². The second-order valence-corrected chi connectivity index (χ2v) is 5.51. The molecule has 1 saturated heterocycles. The topological polar surface area (TPSA) is 55.6 Å². The Morgan fingerprint density at radius 1 is 1.33 bits per heavy atom. The lowest BCUT2D eigenvalue weighted by molar-refractivity contribution is 0.157. The molecule has 1 aromatic heterocycles. The monoisotopic (exact) mass is 326 g/mol. The zero-order valence-corrected chi connectivity index (χ0v) is 12.7. The van der Waals surface area contributed by atoms with Crippen LogP contribution in [0.2, 0.25) is 10.0 Å². The van der Waals surface area contributed by atoms with E-state index in [-0.39, 0.29) is 6.09 Å². The average molecular weight is 327 g/mol. The molecule has 1 amide bonds. The number of hydrogen-bond acceptors (Lipinski definition) is 4. The summed E-state index contributed by atoms with van der Waals surface area (Å²) in [6.07, 6.45) is -0.341. The standard InChI is InChI=1S/C14H12Cl2N2O3/c1-8-9(7-18-5-6-20-14(18)19)13(17-21-8)12-10(15)3-2-4-11(12)16/h2-4H,5-7H2,1H3. The predicted octanol–water partition coefficient (Wildman–Crippen LogP) is 3.91. The van der Waals surface area contributed by atoms with Gasteiger partial charge >= 0.3 is 6.09 Å². The summed E-state index contributed by atoms with van der Waals surface area (Å²) in [5.74, 6) is 0.626. The summed E-state index contributed by atoms with van der Waals surface area (Å²) in [4.78, 5) is 13.2. The van der Waals surface area contributed by atoms with E-state index in [1.54, 1.807) is 30.0 Å². The lowest BCUT2D eigenvalue weighted by Gasteiger charge is -2.13. The summed E-state index contributed by atoms with van der Waals surface area (Å²) in [5, 5.41) is 5.03. The van der Waals surface area contributed by atoms with Gasteiger partial charge in [-0.3, -0.25) is 0 Å². The number of carbonyl (C=O) groups is 1. The lowest BCUT2D eigenvalue weighted by Crippen LogP contribution is -2.24. The lowest BCUT2D eigenvalue weighted by atomic mass is 10.1. The molecule has 21 heavy (non-hydrogen) atoms. The van der Waals surface area contributed by atoms with Crippen molar-refractivity contribution in [1.82, 2.24) is 10.1 Å².